The second-order valence-electron chi connectivity index (χ2n) is 8.13. The standard InChI is InChI=1S/C25H28N4O5/c1-25(2,17-4-8-20(9-5-17)33-15-3-13-28-24(31)32)18-6-10-21(11-7-18)34-16-19-12-14-27-23(29-19)22(26)30/h4-12,14,28H,3,13,15-16H2,1-2H3,(H2,26,30)(H,31,32). The smallest absolute Gasteiger partial charge is 0.404 e. The van der Waals surface area contributed by atoms with E-state index in [2.05, 4.69) is 29.1 Å². The summed E-state index contributed by atoms with van der Waals surface area (Å²) in [5, 5.41) is 10.9. The molecule has 1 aromatic heterocycles. The molecule has 0 aliphatic heterocycles. The zero-order chi connectivity index (χ0) is 24.6. The van der Waals surface area contributed by atoms with Crippen LogP contribution in [0.5, 0.6) is 11.5 Å². The normalized spacial score (nSPS) is 11.0. The number of ether oxygens (including phenoxy) is 2. The number of amides is 2. The van der Waals surface area contributed by atoms with Crippen molar-refractivity contribution >= 4 is 12.0 Å². The summed E-state index contributed by atoms with van der Waals surface area (Å²) in [6.45, 7) is 5.27. The van der Waals surface area contributed by atoms with Crippen molar-refractivity contribution in [1.29, 1.82) is 0 Å². The van der Waals surface area contributed by atoms with Gasteiger partial charge >= 0.3 is 6.09 Å². The van der Waals surface area contributed by atoms with E-state index in [9.17, 15) is 9.59 Å². The minimum atomic E-state index is -1.03. The quantitative estimate of drug-likeness (QED) is 0.369. The van der Waals surface area contributed by atoms with Crippen LogP contribution in [0.25, 0.3) is 0 Å². The summed E-state index contributed by atoms with van der Waals surface area (Å²) in [5.41, 5.74) is 7.78. The molecule has 0 aliphatic carbocycles. The topological polar surface area (TPSA) is 137 Å². The van der Waals surface area contributed by atoms with Gasteiger partial charge in [-0.15, -0.1) is 0 Å². The van der Waals surface area contributed by atoms with E-state index in [0.29, 0.717) is 31.0 Å². The lowest BCUT2D eigenvalue weighted by molar-refractivity contribution is 0.0989. The molecular formula is C25H28N4O5. The Morgan fingerprint density at radius 1 is 0.971 bits per heavy atom. The molecule has 0 fully saturated rings. The lowest BCUT2D eigenvalue weighted by Gasteiger charge is -2.26. The fraction of sp³-hybridized carbons (Fsp3) is 0.280. The molecule has 3 rings (SSSR count). The summed E-state index contributed by atoms with van der Waals surface area (Å²) in [5.74, 6) is 0.702. The Labute approximate surface area is 198 Å². The van der Waals surface area contributed by atoms with Crippen LogP contribution >= 0.6 is 0 Å². The first-order valence-electron chi connectivity index (χ1n) is 10.8. The molecule has 0 bridgehead atoms. The SMILES string of the molecule is CC(C)(c1ccc(OCCCNC(=O)O)cc1)c1ccc(OCc2ccnc(C(N)=O)n2)cc1. The van der Waals surface area contributed by atoms with Gasteiger partial charge in [0.1, 0.15) is 18.1 Å². The number of benzene rings is 2. The molecule has 0 radical (unpaired) electrons. The third-order valence-electron chi connectivity index (χ3n) is 5.34. The van der Waals surface area contributed by atoms with Gasteiger partial charge in [0.15, 0.2) is 0 Å². The summed E-state index contributed by atoms with van der Waals surface area (Å²) in [4.78, 5) is 29.6. The maximum Gasteiger partial charge on any atom is 0.404 e. The summed E-state index contributed by atoms with van der Waals surface area (Å²) < 4.78 is 11.5. The molecular weight excluding hydrogens is 436 g/mol. The van der Waals surface area contributed by atoms with Crippen molar-refractivity contribution in [1.82, 2.24) is 15.3 Å². The number of carboxylic acid groups (broad SMARTS) is 1. The molecule has 0 atom stereocenters. The Hall–Kier alpha value is -4.14. The maximum absolute atomic E-state index is 11.2. The minimum absolute atomic E-state index is 0.0372. The molecule has 0 unspecified atom stereocenters. The fourth-order valence-corrected chi connectivity index (χ4v) is 3.31. The zero-order valence-electron chi connectivity index (χ0n) is 19.2. The van der Waals surface area contributed by atoms with Crippen LogP contribution in [0, 0.1) is 0 Å². The van der Waals surface area contributed by atoms with Gasteiger partial charge in [0.2, 0.25) is 5.82 Å². The van der Waals surface area contributed by atoms with Crippen LogP contribution in [-0.4, -0.2) is 40.2 Å². The first kappa shape index (κ1) is 24.5. The number of hydrogen-bond acceptors (Lipinski definition) is 6. The Balaban J connectivity index is 1.57. The highest BCUT2D eigenvalue weighted by molar-refractivity contribution is 5.88. The summed E-state index contributed by atoms with van der Waals surface area (Å²) in [7, 11) is 0. The lowest BCUT2D eigenvalue weighted by Crippen LogP contribution is -2.23. The van der Waals surface area contributed by atoms with Crippen molar-refractivity contribution in [2.24, 2.45) is 5.73 Å². The van der Waals surface area contributed by atoms with Crippen LogP contribution in [-0.2, 0) is 12.0 Å². The van der Waals surface area contributed by atoms with E-state index in [0.717, 1.165) is 16.9 Å². The number of hydrogen-bond donors (Lipinski definition) is 3. The molecule has 0 aliphatic rings. The van der Waals surface area contributed by atoms with Gasteiger partial charge < -0.3 is 25.6 Å². The van der Waals surface area contributed by atoms with Crippen molar-refractivity contribution < 1.29 is 24.2 Å². The van der Waals surface area contributed by atoms with Crippen LogP contribution in [0.1, 0.15) is 47.7 Å². The Morgan fingerprint density at radius 2 is 1.56 bits per heavy atom. The average Bonchev–Trinajstić information content (AvgIpc) is 2.83. The monoisotopic (exact) mass is 464 g/mol. The van der Waals surface area contributed by atoms with Gasteiger partial charge in [-0.3, -0.25) is 4.79 Å². The summed E-state index contributed by atoms with van der Waals surface area (Å²) in [6.07, 6.45) is 1.04. The van der Waals surface area contributed by atoms with Crippen molar-refractivity contribution in [2.45, 2.75) is 32.3 Å². The van der Waals surface area contributed by atoms with Gasteiger partial charge in [-0.05, 0) is 47.9 Å². The van der Waals surface area contributed by atoms with Gasteiger partial charge in [0.05, 0.1) is 12.3 Å². The number of carbonyl (C=O) groups excluding carboxylic acids is 1. The number of nitrogens with one attached hydrogen (secondary N) is 1. The minimum Gasteiger partial charge on any atom is -0.494 e. The third-order valence-corrected chi connectivity index (χ3v) is 5.34. The number of carbonyl (C=O) groups is 2. The third kappa shape index (κ3) is 6.68. The molecule has 9 heteroatoms. The Kier molecular flexibility index (Phi) is 8.02. The van der Waals surface area contributed by atoms with E-state index in [1.54, 1.807) is 6.07 Å². The van der Waals surface area contributed by atoms with Crippen LogP contribution in [0.2, 0.25) is 0 Å². The summed E-state index contributed by atoms with van der Waals surface area (Å²) in [6, 6.07) is 17.4. The predicted molar refractivity (Wildman–Crippen MR) is 126 cm³/mol. The predicted octanol–water partition coefficient (Wildman–Crippen LogP) is 3.52. The van der Waals surface area contributed by atoms with Crippen molar-refractivity contribution in [3.8, 4) is 11.5 Å². The molecule has 34 heavy (non-hydrogen) atoms. The molecule has 0 saturated carbocycles. The van der Waals surface area contributed by atoms with E-state index >= 15 is 0 Å². The van der Waals surface area contributed by atoms with E-state index in [1.807, 2.05) is 48.5 Å². The average molecular weight is 465 g/mol. The number of rotatable bonds is 11. The highest BCUT2D eigenvalue weighted by Crippen LogP contribution is 2.33. The Morgan fingerprint density at radius 3 is 2.12 bits per heavy atom. The summed E-state index contributed by atoms with van der Waals surface area (Å²) >= 11 is 0. The second-order valence-corrected chi connectivity index (χ2v) is 8.13. The first-order chi connectivity index (χ1) is 16.3. The molecule has 2 amide bonds. The second kappa shape index (κ2) is 11.1. The molecule has 178 valence electrons. The highest BCUT2D eigenvalue weighted by Gasteiger charge is 2.23. The molecule has 0 saturated heterocycles. The van der Waals surface area contributed by atoms with Crippen molar-refractivity contribution in [2.75, 3.05) is 13.2 Å². The molecule has 0 spiro atoms. The van der Waals surface area contributed by atoms with Gasteiger partial charge in [0, 0.05) is 18.2 Å². The van der Waals surface area contributed by atoms with Gasteiger partial charge in [-0.1, -0.05) is 38.1 Å². The lowest BCUT2D eigenvalue weighted by atomic mass is 9.78. The number of nitrogens with two attached hydrogens (primary N) is 1. The van der Waals surface area contributed by atoms with Crippen LogP contribution in [0.4, 0.5) is 4.79 Å². The largest absolute Gasteiger partial charge is 0.494 e. The number of primary amides is 1. The molecule has 9 nitrogen and oxygen atoms in total. The van der Waals surface area contributed by atoms with E-state index in [-0.39, 0.29) is 17.8 Å². The van der Waals surface area contributed by atoms with Crippen LogP contribution < -0.4 is 20.5 Å². The molecule has 1 heterocycles. The van der Waals surface area contributed by atoms with Gasteiger partial charge in [0.25, 0.3) is 5.91 Å². The fourth-order valence-electron chi connectivity index (χ4n) is 3.31. The highest BCUT2D eigenvalue weighted by atomic mass is 16.5. The van der Waals surface area contributed by atoms with E-state index in [1.165, 1.54) is 6.20 Å². The van der Waals surface area contributed by atoms with Crippen LogP contribution in [0.15, 0.2) is 60.8 Å². The number of aromatic nitrogens is 2. The first-order valence-corrected chi connectivity index (χ1v) is 10.8. The Bertz CT molecular complexity index is 1110. The molecule has 2 aromatic carbocycles. The van der Waals surface area contributed by atoms with Crippen molar-refractivity contribution in [3.63, 3.8) is 0 Å². The van der Waals surface area contributed by atoms with E-state index < -0.39 is 12.0 Å². The zero-order valence-corrected chi connectivity index (χ0v) is 19.2. The van der Waals surface area contributed by atoms with E-state index in [4.69, 9.17) is 20.3 Å². The van der Waals surface area contributed by atoms with Crippen LogP contribution in [0.3, 0.4) is 0 Å². The maximum atomic E-state index is 11.2. The van der Waals surface area contributed by atoms with Crippen molar-refractivity contribution in [3.05, 3.63) is 83.4 Å². The molecule has 3 aromatic rings. The van der Waals surface area contributed by atoms with Gasteiger partial charge in [-0.2, -0.15) is 0 Å². The van der Waals surface area contributed by atoms with Gasteiger partial charge in [-0.25, -0.2) is 14.8 Å². The molecule has 4 N–H and O–H groups in total. The number of nitrogens with zero attached hydrogens (tertiary/aromatic N) is 2.